The van der Waals surface area contributed by atoms with Gasteiger partial charge in [0.15, 0.2) is 5.65 Å². The van der Waals surface area contributed by atoms with E-state index >= 15 is 0 Å². The minimum atomic E-state index is 0.894. The summed E-state index contributed by atoms with van der Waals surface area (Å²) >= 11 is 1.73. The van der Waals surface area contributed by atoms with Gasteiger partial charge < -0.3 is 4.57 Å². The lowest BCUT2D eigenvalue weighted by Gasteiger charge is -2.09. The van der Waals surface area contributed by atoms with Crippen LogP contribution in [0.1, 0.15) is 22.6 Å². The lowest BCUT2D eigenvalue weighted by molar-refractivity contribution is 0.812. The monoisotopic (exact) mass is 398 g/mol. The second kappa shape index (κ2) is 7.33. The molecule has 1 aromatic carbocycles. The molecule has 5 aromatic rings. The number of hydrogen-bond acceptors (Lipinski definition) is 3. The molecule has 0 aliphatic rings. The van der Waals surface area contributed by atoms with Crippen molar-refractivity contribution in [1.29, 1.82) is 0 Å². The van der Waals surface area contributed by atoms with Crippen molar-refractivity contribution >= 4 is 17.0 Å². The van der Waals surface area contributed by atoms with Gasteiger partial charge in [0.1, 0.15) is 5.69 Å². The Morgan fingerprint density at radius 2 is 1.69 bits per heavy atom. The molecule has 29 heavy (non-hydrogen) atoms. The summed E-state index contributed by atoms with van der Waals surface area (Å²) in [5.74, 6) is 0. The lowest BCUT2D eigenvalue weighted by atomic mass is 10.1. The molecule has 0 bridgehead atoms. The molecule has 5 rings (SSSR count). The third kappa shape index (κ3) is 3.28. The van der Waals surface area contributed by atoms with Crippen LogP contribution in [0.15, 0.2) is 72.2 Å². The zero-order valence-electron chi connectivity index (χ0n) is 16.5. The molecule has 5 heteroatoms. The van der Waals surface area contributed by atoms with E-state index in [0.29, 0.717) is 0 Å². The number of aromatic nitrogens is 4. The number of fused-ring (bicyclic) bond motifs is 1. The predicted octanol–water partition coefficient (Wildman–Crippen LogP) is 5.65. The lowest BCUT2D eigenvalue weighted by Crippen LogP contribution is -2.02. The van der Waals surface area contributed by atoms with E-state index in [0.717, 1.165) is 24.2 Å². The van der Waals surface area contributed by atoms with Gasteiger partial charge in [0, 0.05) is 29.3 Å². The molecule has 0 N–H and O–H groups in total. The Labute approximate surface area is 174 Å². The topological polar surface area (TPSA) is 35.1 Å². The van der Waals surface area contributed by atoms with E-state index in [1.54, 1.807) is 11.3 Å². The summed E-state index contributed by atoms with van der Waals surface area (Å²) in [5.41, 5.74) is 8.03. The van der Waals surface area contributed by atoms with Crippen molar-refractivity contribution in [1.82, 2.24) is 19.2 Å². The molecular formula is C24H22N4S. The van der Waals surface area contributed by atoms with Crippen LogP contribution in [0.25, 0.3) is 21.9 Å². The molecule has 0 fully saturated rings. The van der Waals surface area contributed by atoms with Crippen LogP contribution in [0.2, 0.25) is 0 Å². The number of rotatable bonds is 5. The first-order valence-corrected chi connectivity index (χ1v) is 10.7. The molecule has 0 saturated heterocycles. The molecule has 4 aromatic heterocycles. The van der Waals surface area contributed by atoms with E-state index in [2.05, 4.69) is 89.4 Å². The van der Waals surface area contributed by atoms with Crippen LogP contribution < -0.4 is 0 Å². The summed E-state index contributed by atoms with van der Waals surface area (Å²) in [7, 11) is 0. The van der Waals surface area contributed by atoms with Gasteiger partial charge in [0.25, 0.3) is 0 Å². The van der Waals surface area contributed by atoms with E-state index in [4.69, 9.17) is 5.10 Å². The summed E-state index contributed by atoms with van der Waals surface area (Å²) in [6, 6.07) is 21.2. The Hall–Kier alpha value is -3.18. The van der Waals surface area contributed by atoms with Crippen LogP contribution in [0, 0.1) is 13.8 Å². The maximum atomic E-state index is 4.95. The zero-order valence-corrected chi connectivity index (χ0v) is 17.4. The summed E-state index contributed by atoms with van der Waals surface area (Å²) in [6.07, 6.45) is 3.80. The summed E-state index contributed by atoms with van der Waals surface area (Å²) < 4.78 is 4.29. The van der Waals surface area contributed by atoms with Crippen LogP contribution in [-0.4, -0.2) is 19.2 Å². The number of benzene rings is 1. The van der Waals surface area contributed by atoms with Crippen LogP contribution in [0.4, 0.5) is 0 Å². The molecule has 144 valence electrons. The molecule has 4 nitrogen and oxygen atoms in total. The van der Waals surface area contributed by atoms with Crippen molar-refractivity contribution in [2.24, 2.45) is 0 Å². The first kappa shape index (κ1) is 17.9. The van der Waals surface area contributed by atoms with Gasteiger partial charge in [-0.2, -0.15) is 5.10 Å². The minimum Gasteiger partial charge on any atom is -0.317 e. The van der Waals surface area contributed by atoms with Gasteiger partial charge in [-0.05, 0) is 61.9 Å². The molecule has 0 unspecified atom stereocenters. The van der Waals surface area contributed by atoms with Gasteiger partial charge in [0.2, 0.25) is 0 Å². The highest BCUT2D eigenvalue weighted by Gasteiger charge is 2.16. The maximum absolute atomic E-state index is 4.95. The van der Waals surface area contributed by atoms with Gasteiger partial charge in [-0.15, -0.1) is 11.3 Å². The van der Waals surface area contributed by atoms with Gasteiger partial charge in [0.05, 0.1) is 10.6 Å². The van der Waals surface area contributed by atoms with Crippen molar-refractivity contribution in [3.05, 3.63) is 94.9 Å². The second-order valence-corrected chi connectivity index (χ2v) is 8.22. The molecule has 4 heterocycles. The SMILES string of the molecule is Cc1ccc(C)n1-c1ccsc1-c1cc2nccc(CCc3ccccc3)n2n1. The molecule has 0 radical (unpaired) electrons. The summed E-state index contributed by atoms with van der Waals surface area (Å²) in [6.45, 7) is 4.28. The fraction of sp³-hybridized carbons (Fsp3) is 0.167. The molecule has 0 spiro atoms. The molecule has 0 amide bonds. The van der Waals surface area contributed by atoms with Crippen molar-refractivity contribution < 1.29 is 0 Å². The molecule has 0 saturated carbocycles. The van der Waals surface area contributed by atoms with E-state index < -0.39 is 0 Å². The Morgan fingerprint density at radius 1 is 0.897 bits per heavy atom. The largest absolute Gasteiger partial charge is 0.317 e. The Balaban J connectivity index is 1.53. The molecule has 0 atom stereocenters. The van der Waals surface area contributed by atoms with Crippen molar-refractivity contribution in [2.75, 3.05) is 0 Å². The maximum Gasteiger partial charge on any atom is 0.155 e. The first-order valence-electron chi connectivity index (χ1n) is 9.81. The highest BCUT2D eigenvalue weighted by molar-refractivity contribution is 7.14. The van der Waals surface area contributed by atoms with Crippen molar-refractivity contribution in [3.8, 4) is 16.3 Å². The Kier molecular flexibility index (Phi) is 4.52. The quantitative estimate of drug-likeness (QED) is 0.383. The number of aryl methyl sites for hydroxylation is 4. The van der Waals surface area contributed by atoms with Gasteiger partial charge >= 0.3 is 0 Å². The smallest absolute Gasteiger partial charge is 0.155 e. The minimum absolute atomic E-state index is 0.894. The van der Waals surface area contributed by atoms with Gasteiger partial charge in [-0.3, -0.25) is 0 Å². The van der Waals surface area contributed by atoms with E-state index in [1.807, 2.05) is 10.7 Å². The Bertz CT molecular complexity index is 1260. The summed E-state index contributed by atoms with van der Waals surface area (Å²) in [5, 5.41) is 7.08. The van der Waals surface area contributed by atoms with Crippen LogP contribution >= 0.6 is 11.3 Å². The zero-order chi connectivity index (χ0) is 19.8. The summed E-state index contributed by atoms with van der Waals surface area (Å²) in [4.78, 5) is 5.73. The predicted molar refractivity (Wildman–Crippen MR) is 119 cm³/mol. The van der Waals surface area contributed by atoms with Crippen molar-refractivity contribution in [3.63, 3.8) is 0 Å². The standard InChI is InChI=1S/C24H22N4S/c1-17-8-9-18(2)27(17)22-13-15-29-24(22)21-16-23-25-14-12-20(28(23)26-21)11-10-19-6-4-3-5-7-19/h3-9,12-16H,10-11H2,1-2H3. The molecule has 0 aliphatic heterocycles. The van der Waals surface area contributed by atoms with Gasteiger partial charge in [-0.25, -0.2) is 9.50 Å². The van der Waals surface area contributed by atoms with Crippen LogP contribution in [0.3, 0.4) is 0 Å². The van der Waals surface area contributed by atoms with E-state index in [-0.39, 0.29) is 0 Å². The first-order chi connectivity index (χ1) is 14.2. The fourth-order valence-corrected chi connectivity index (χ4v) is 4.71. The normalized spacial score (nSPS) is 11.4. The number of thiophene rings is 1. The third-order valence-corrected chi connectivity index (χ3v) is 6.26. The average Bonchev–Trinajstić information content (AvgIpc) is 3.45. The number of nitrogens with zero attached hydrogens (tertiary/aromatic N) is 4. The average molecular weight is 399 g/mol. The van der Waals surface area contributed by atoms with E-state index in [1.165, 1.54) is 33.2 Å². The fourth-order valence-electron chi connectivity index (χ4n) is 3.88. The highest BCUT2D eigenvalue weighted by atomic mass is 32.1. The van der Waals surface area contributed by atoms with Crippen molar-refractivity contribution in [2.45, 2.75) is 26.7 Å². The highest BCUT2D eigenvalue weighted by Crippen LogP contribution is 2.33. The van der Waals surface area contributed by atoms with Crippen LogP contribution in [-0.2, 0) is 12.8 Å². The van der Waals surface area contributed by atoms with Crippen LogP contribution in [0.5, 0.6) is 0 Å². The van der Waals surface area contributed by atoms with E-state index in [9.17, 15) is 0 Å². The molecular weight excluding hydrogens is 376 g/mol. The Morgan fingerprint density at radius 3 is 2.48 bits per heavy atom. The molecule has 0 aliphatic carbocycles. The second-order valence-electron chi connectivity index (χ2n) is 7.31. The third-order valence-electron chi connectivity index (χ3n) is 5.34. The van der Waals surface area contributed by atoms with Gasteiger partial charge in [-0.1, -0.05) is 30.3 Å². The number of hydrogen-bond donors (Lipinski definition) is 0.